The number of hydrogen-bond acceptors (Lipinski definition) is 15. The van der Waals surface area contributed by atoms with Crippen LogP contribution in [0.25, 0.3) is 0 Å². The van der Waals surface area contributed by atoms with E-state index in [0.29, 0.717) is 157 Å². The minimum atomic E-state index is 0.254. The summed E-state index contributed by atoms with van der Waals surface area (Å²) in [6.45, 7) is 8.75. The Hall–Kier alpha value is -5.49. The van der Waals surface area contributed by atoms with E-state index in [2.05, 4.69) is 53.5 Å². The summed E-state index contributed by atoms with van der Waals surface area (Å²) in [6, 6.07) is 25.3. The van der Waals surface area contributed by atoms with Crippen LogP contribution < -0.4 is 28.4 Å². The fourth-order valence-electron chi connectivity index (χ4n) is 13.6. The van der Waals surface area contributed by atoms with Crippen LogP contribution in [0.4, 0.5) is 0 Å². The van der Waals surface area contributed by atoms with Gasteiger partial charge in [0.15, 0.2) is 0 Å². The normalized spacial score (nSPS) is 23.2. The number of aromatic nitrogens is 1. The molecule has 15 nitrogen and oxygen atoms in total. The van der Waals surface area contributed by atoms with E-state index in [-0.39, 0.29) is 23.7 Å². The predicted molar refractivity (Wildman–Crippen MR) is 329 cm³/mol. The van der Waals surface area contributed by atoms with Gasteiger partial charge < -0.3 is 66.3 Å². The van der Waals surface area contributed by atoms with Crippen molar-refractivity contribution in [3.63, 3.8) is 0 Å². The van der Waals surface area contributed by atoms with Gasteiger partial charge in [-0.15, -0.1) is 0 Å². The number of hydrogen-bond donors (Lipinski definition) is 0. The molecule has 0 amide bonds. The smallest absolute Gasteiger partial charge is 0.216 e. The molecule has 12 rings (SSSR count). The number of benzene rings is 4. The van der Waals surface area contributed by atoms with Crippen LogP contribution >= 0.6 is 0 Å². The fraction of sp³-hybridized carbons (Fsp3) is 0.592. The molecule has 0 spiro atoms. The van der Waals surface area contributed by atoms with E-state index in [1.165, 1.54) is 66.8 Å². The Balaban J connectivity index is 0.885. The number of aryl methyl sites for hydroxylation is 4. The molecule has 0 unspecified atom stereocenters. The molecule has 15 heteroatoms. The summed E-state index contributed by atoms with van der Waals surface area (Å²) >= 11 is 0. The van der Waals surface area contributed by atoms with Crippen molar-refractivity contribution in [1.82, 2.24) is 4.98 Å². The molecule has 3 heterocycles. The summed E-state index contributed by atoms with van der Waals surface area (Å²) in [6.07, 6.45) is 16.7. The van der Waals surface area contributed by atoms with E-state index in [1.807, 2.05) is 20.3 Å². The van der Waals surface area contributed by atoms with Crippen molar-refractivity contribution in [3.05, 3.63) is 133 Å². The van der Waals surface area contributed by atoms with Crippen LogP contribution in [-0.2, 0) is 76.4 Å². The Labute approximate surface area is 510 Å². The van der Waals surface area contributed by atoms with Crippen molar-refractivity contribution in [2.24, 2.45) is 0 Å². The molecule has 0 saturated heterocycles. The van der Waals surface area contributed by atoms with Gasteiger partial charge in [-0.2, -0.15) is 4.98 Å². The lowest BCUT2D eigenvalue weighted by Gasteiger charge is -2.41. The highest BCUT2D eigenvalue weighted by Gasteiger charge is 2.41. The Morgan fingerprint density at radius 2 is 0.616 bits per heavy atom. The van der Waals surface area contributed by atoms with E-state index in [0.717, 1.165) is 113 Å². The average molecular weight is 1180 g/mol. The molecule has 4 atom stereocenters. The lowest BCUT2D eigenvalue weighted by Crippen LogP contribution is -2.25. The highest BCUT2D eigenvalue weighted by molar-refractivity contribution is 5.59. The molecule has 5 aliphatic carbocycles. The van der Waals surface area contributed by atoms with Gasteiger partial charge in [-0.3, -0.25) is 0 Å². The monoisotopic (exact) mass is 1180 g/mol. The molecule has 2 aliphatic heterocycles. The standard InChI is InChI=1S/C71H93NO14/c1-73-68-54-40-50-10-5-3-7-13-53-43-57-49-55-41-51-11-6-4-8-12-52-42-56(48-54)70(65(47-52)61-19-17-59(61)63(45-51)69(55)74-2)85-38-34-81-30-26-77-22-20-75-24-28-79-32-36-83-66-14-9-15-67(72-66)84-37-33-80-29-25-76-21-23-78-27-31-82-35-39-86-71(57)64(46-53)60-18-16-58(60)62(68)44-50/h9,14-15,40-47,58-61H,3-8,10-13,16-39,48-49H2,1-2H3/t58-,59-,60+,61+/m0/s1. The van der Waals surface area contributed by atoms with Gasteiger partial charge in [0.05, 0.1) is 120 Å². The zero-order valence-electron chi connectivity index (χ0n) is 51.3. The summed E-state index contributed by atoms with van der Waals surface area (Å²) in [5.41, 5.74) is 15.8. The highest BCUT2D eigenvalue weighted by Crippen LogP contribution is 2.58. The highest BCUT2D eigenvalue weighted by atomic mass is 16.6. The zero-order chi connectivity index (χ0) is 58.5. The third kappa shape index (κ3) is 16.6. The molecule has 2 fully saturated rings. The number of methoxy groups -OCH3 is 2. The van der Waals surface area contributed by atoms with Gasteiger partial charge in [-0.05, 0) is 167 Å². The molecular weight excluding hydrogens is 1090 g/mol. The minimum absolute atomic E-state index is 0.254. The SMILES string of the molecule is COc1c2cc3cc1[C@H]1CC[C@H]1c1cc(cc4c1OCCOCCOCCOCCOCCOc1cccc(n1)OCCOCCOCCOCCOCCOc1c(cc5cc1[C@@H]1CC[C@@H]1c1cc(cc(c1OC)C4)CCCCC5)C2)CCCCC3. The molecule has 0 radical (unpaired) electrons. The zero-order valence-corrected chi connectivity index (χ0v) is 51.3. The van der Waals surface area contributed by atoms with Crippen LogP contribution in [0.1, 0.15) is 155 Å². The van der Waals surface area contributed by atoms with Gasteiger partial charge >= 0.3 is 0 Å². The van der Waals surface area contributed by atoms with Crippen LogP contribution in [0.5, 0.6) is 34.8 Å². The van der Waals surface area contributed by atoms with E-state index in [1.54, 1.807) is 12.1 Å². The second kappa shape index (κ2) is 32.7. The van der Waals surface area contributed by atoms with Gasteiger partial charge in [0, 0.05) is 25.0 Å². The molecule has 466 valence electrons. The maximum atomic E-state index is 7.17. The van der Waals surface area contributed by atoms with E-state index < -0.39 is 0 Å². The first kappa shape index (κ1) is 62.1. The molecule has 0 N–H and O–H groups in total. The second-order valence-corrected chi connectivity index (χ2v) is 23.8. The lowest BCUT2D eigenvalue weighted by atomic mass is 9.64. The molecule has 86 heavy (non-hydrogen) atoms. The Morgan fingerprint density at radius 1 is 0.326 bits per heavy atom. The van der Waals surface area contributed by atoms with Crippen LogP contribution in [-0.4, -0.2) is 151 Å². The van der Waals surface area contributed by atoms with Crippen molar-refractivity contribution in [3.8, 4) is 34.8 Å². The first-order valence-electron chi connectivity index (χ1n) is 32.4. The summed E-state index contributed by atoms with van der Waals surface area (Å²) < 4.78 is 86.6. The largest absolute Gasteiger partial charge is 0.496 e. The van der Waals surface area contributed by atoms with Gasteiger partial charge in [-0.1, -0.05) is 67.4 Å². The molecule has 7 aliphatic rings. The van der Waals surface area contributed by atoms with Gasteiger partial charge in [0.2, 0.25) is 11.8 Å². The minimum Gasteiger partial charge on any atom is -0.496 e. The Kier molecular flexibility index (Phi) is 23.6. The lowest BCUT2D eigenvalue weighted by molar-refractivity contribution is -0.00747. The van der Waals surface area contributed by atoms with E-state index >= 15 is 0 Å². The maximum absolute atomic E-state index is 7.17. The number of fused-ring (bicyclic) bond motifs is 34. The van der Waals surface area contributed by atoms with Crippen LogP contribution in [0.2, 0.25) is 0 Å². The first-order valence-corrected chi connectivity index (χ1v) is 32.4. The summed E-state index contributed by atoms with van der Waals surface area (Å²) in [4.78, 5) is 4.43. The summed E-state index contributed by atoms with van der Waals surface area (Å²) in [7, 11) is 3.77. The second-order valence-electron chi connectivity index (χ2n) is 23.8. The quantitative estimate of drug-likeness (QED) is 0.155. The van der Waals surface area contributed by atoms with E-state index in [9.17, 15) is 0 Å². The van der Waals surface area contributed by atoms with Crippen molar-refractivity contribution in [2.45, 2.75) is 126 Å². The molecule has 16 bridgehead atoms. The number of nitrogens with zero attached hydrogens (tertiary/aromatic N) is 1. The van der Waals surface area contributed by atoms with Gasteiger partial charge in [0.1, 0.15) is 49.4 Å². The average Bonchev–Trinajstić information content (AvgIpc) is 1.09. The molecule has 1 aromatic heterocycles. The molecular formula is C71H93NO14. The first-order chi connectivity index (χ1) is 42.6. The molecule has 2 saturated carbocycles. The molecule has 4 aromatic carbocycles. The summed E-state index contributed by atoms with van der Waals surface area (Å²) in [5.74, 6) is 6.01. The number of rotatable bonds is 2. The van der Waals surface area contributed by atoms with Crippen molar-refractivity contribution >= 4 is 0 Å². The van der Waals surface area contributed by atoms with Crippen LogP contribution in [0.3, 0.4) is 0 Å². The van der Waals surface area contributed by atoms with E-state index in [4.69, 9.17) is 66.3 Å². The van der Waals surface area contributed by atoms with Gasteiger partial charge in [-0.25, -0.2) is 0 Å². The van der Waals surface area contributed by atoms with Crippen LogP contribution in [0, 0.1) is 0 Å². The topological polar surface area (TPSA) is 142 Å². The van der Waals surface area contributed by atoms with Crippen molar-refractivity contribution in [1.29, 1.82) is 0 Å². The third-order valence-electron chi connectivity index (χ3n) is 18.0. The third-order valence-corrected chi connectivity index (χ3v) is 18.0. The Morgan fingerprint density at radius 3 is 0.942 bits per heavy atom. The predicted octanol–water partition coefficient (Wildman–Crippen LogP) is 11.8. The Bertz CT molecular complexity index is 2740. The van der Waals surface area contributed by atoms with Crippen molar-refractivity contribution in [2.75, 3.05) is 146 Å². The number of ether oxygens (including phenoxy) is 14. The van der Waals surface area contributed by atoms with Crippen LogP contribution in [0.15, 0.2) is 66.7 Å². The fourth-order valence-corrected chi connectivity index (χ4v) is 13.6. The van der Waals surface area contributed by atoms with Crippen molar-refractivity contribution < 1.29 is 66.3 Å². The maximum Gasteiger partial charge on any atom is 0.216 e. The summed E-state index contributed by atoms with van der Waals surface area (Å²) in [5, 5.41) is 0. The molecule has 5 aromatic rings. The number of pyridine rings is 1. The van der Waals surface area contributed by atoms with Gasteiger partial charge in [0.25, 0.3) is 0 Å².